The summed E-state index contributed by atoms with van der Waals surface area (Å²) in [5.41, 5.74) is -13.7. The summed E-state index contributed by atoms with van der Waals surface area (Å²) in [5, 5.41) is 5.21. The van der Waals surface area contributed by atoms with Gasteiger partial charge in [-0.3, -0.25) is 0 Å². The number of benzene rings is 2. The van der Waals surface area contributed by atoms with E-state index in [2.05, 4.69) is 31.1 Å². The van der Waals surface area contributed by atoms with E-state index in [0.717, 1.165) is 18.2 Å². The van der Waals surface area contributed by atoms with Gasteiger partial charge in [0.1, 0.15) is 10.6 Å². The van der Waals surface area contributed by atoms with Gasteiger partial charge in [0.2, 0.25) is 8.15 Å². The maximum Gasteiger partial charge on any atom is 0.480 e. The molecule has 2 aromatic carbocycles. The zero-order valence-corrected chi connectivity index (χ0v) is 23.3. The average Bonchev–Trinajstić information content (AvgIpc) is 3.29. The Morgan fingerprint density at radius 3 is 1.29 bits per heavy atom. The Bertz CT molecular complexity index is 1180. The monoisotopic (exact) mass is 817 g/mol. The third kappa shape index (κ3) is 7.74. The van der Waals surface area contributed by atoms with Gasteiger partial charge in [0, 0.05) is 20.4 Å². The Morgan fingerprint density at radius 1 is 0.595 bits per heavy atom. The van der Waals surface area contributed by atoms with Crippen LogP contribution in [0, 0.1) is 26.6 Å². The van der Waals surface area contributed by atoms with E-state index in [9.17, 15) is 52.7 Å². The van der Waals surface area contributed by atoms with Crippen LogP contribution in [-0.2, 0) is 54.8 Å². The molecule has 0 aromatic heterocycles. The number of alkyl halides is 12. The van der Waals surface area contributed by atoms with E-state index >= 15 is 0 Å². The van der Waals surface area contributed by atoms with Crippen molar-refractivity contribution in [3.05, 3.63) is 86.3 Å². The summed E-state index contributed by atoms with van der Waals surface area (Å²) < 4.78 is 198. The van der Waals surface area contributed by atoms with Crippen LogP contribution in [0.1, 0.15) is 11.1 Å². The summed E-state index contributed by atoms with van der Waals surface area (Å²) in [6.07, 6.45) is -24.9. The largest absolute Gasteiger partial charge is 0.480 e. The third-order valence-electron chi connectivity index (χ3n) is 5.03. The van der Waals surface area contributed by atoms with Crippen LogP contribution in [0.5, 0.6) is 0 Å². The fraction of sp³-hybridized carbons (Fsp3) is 0.273. The predicted molar refractivity (Wildman–Crippen MR) is 108 cm³/mol. The van der Waals surface area contributed by atoms with E-state index < -0.39 is 65.8 Å². The fourth-order valence-electron chi connectivity index (χ4n) is 3.51. The van der Waals surface area contributed by atoms with Crippen LogP contribution in [0.15, 0.2) is 48.5 Å². The molecule has 1 unspecified atom stereocenters. The number of fused-ring (bicyclic) bond motifs is 1. The fourth-order valence-corrected chi connectivity index (χ4v) is 6.18. The molecule has 2 N–H and O–H groups in total. The molecule has 2 aromatic rings. The SMILES string of the molecule is [C-]#[O+].[C-]#[O+].[C-]#[O+].[C-]#[O+].[OH2+]C(c1ccccc1[PH+]1OC(C(F)(F)F)(C(F)(F)F)c2ccccc21)(C(F)(F)F)C(F)(F)F.[Re]. The molecule has 1 aliphatic heterocycles. The van der Waals surface area contributed by atoms with Crippen LogP contribution < -0.4 is 10.6 Å². The van der Waals surface area contributed by atoms with Crippen molar-refractivity contribution in [1.29, 1.82) is 0 Å². The molecule has 20 heteroatoms. The number of hydrogen-bond donors (Lipinski definition) is 0. The molecule has 0 aliphatic carbocycles. The number of hydrogen-bond acceptors (Lipinski definition) is 1. The van der Waals surface area contributed by atoms with Gasteiger partial charge in [-0.2, -0.15) is 57.2 Å². The van der Waals surface area contributed by atoms with Crippen LogP contribution in [-0.4, -0.2) is 29.8 Å². The van der Waals surface area contributed by atoms with E-state index in [1.54, 1.807) is 0 Å². The minimum atomic E-state index is -6.31. The van der Waals surface area contributed by atoms with Crippen LogP contribution >= 0.6 is 8.15 Å². The van der Waals surface area contributed by atoms with Gasteiger partial charge in [-0.15, -0.1) is 0 Å². The molecule has 0 saturated heterocycles. The first-order chi connectivity index (χ1) is 18.8. The summed E-state index contributed by atoms with van der Waals surface area (Å²) >= 11 is 0. The van der Waals surface area contributed by atoms with Gasteiger partial charge in [0.25, 0.3) is 0 Å². The molecule has 0 saturated carbocycles. The molecule has 3 rings (SSSR count). The second kappa shape index (κ2) is 16.4. The first-order valence-electron chi connectivity index (χ1n) is 9.40. The quantitative estimate of drug-likeness (QED) is 0.181. The molecule has 0 amide bonds. The smallest absolute Gasteiger partial charge is 0.424 e. The first-order valence-corrected chi connectivity index (χ1v) is 10.8. The molecule has 1 aliphatic rings. The summed E-state index contributed by atoms with van der Waals surface area (Å²) in [6, 6.07) is 5.06. The van der Waals surface area contributed by atoms with Gasteiger partial charge in [0.05, 0.1) is 11.1 Å². The Kier molecular flexibility index (Phi) is 17.2. The van der Waals surface area contributed by atoms with Crippen molar-refractivity contribution in [3.8, 4) is 0 Å². The van der Waals surface area contributed by atoms with Crippen molar-refractivity contribution in [2.45, 2.75) is 35.9 Å². The number of rotatable bonds is 2. The summed E-state index contributed by atoms with van der Waals surface area (Å²) in [6.45, 7) is 18.0. The van der Waals surface area contributed by atoms with Crippen molar-refractivity contribution in [2.24, 2.45) is 0 Å². The van der Waals surface area contributed by atoms with Crippen molar-refractivity contribution in [2.75, 3.05) is 0 Å². The third-order valence-corrected chi connectivity index (χ3v) is 7.39. The maximum absolute atomic E-state index is 13.8. The summed E-state index contributed by atoms with van der Waals surface area (Å²) in [4.78, 5) is 0. The Hall–Kier alpha value is -2.43. The molecule has 42 heavy (non-hydrogen) atoms. The zero-order valence-electron chi connectivity index (χ0n) is 19.6. The zero-order chi connectivity index (χ0) is 33.3. The molecule has 6 nitrogen and oxygen atoms in total. The van der Waals surface area contributed by atoms with Crippen molar-refractivity contribution < 1.29 is 101 Å². The minimum absolute atomic E-state index is 0. The van der Waals surface area contributed by atoms with Gasteiger partial charge in [-0.25, -0.2) is 0 Å². The van der Waals surface area contributed by atoms with E-state index in [1.807, 2.05) is 0 Å². The van der Waals surface area contributed by atoms with Crippen LogP contribution in [0.2, 0.25) is 0 Å². The molecule has 229 valence electrons. The van der Waals surface area contributed by atoms with Gasteiger partial charge >= 0.3 is 81.1 Å². The van der Waals surface area contributed by atoms with Gasteiger partial charge in [-0.1, -0.05) is 30.3 Å². The molecule has 0 fully saturated rings. The van der Waals surface area contributed by atoms with Crippen LogP contribution in [0.25, 0.3) is 0 Å². The van der Waals surface area contributed by atoms with Crippen molar-refractivity contribution >= 4 is 18.8 Å². The Labute approximate surface area is 242 Å². The van der Waals surface area contributed by atoms with Crippen LogP contribution in [0.3, 0.4) is 0 Å². The molecule has 1 atom stereocenters. The Morgan fingerprint density at radius 2 is 0.929 bits per heavy atom. The minimum Gasteiger partial charge on any atom is -0.424 e. The normalized spacial score (nSPS) is 15.5. The predicted octanol–water partition coefficient (Wildman–Crippen LogP) is 5.01. The molecule has 0 bridgehead atoms. The Balaban J connectivity index is -0.00000156. The molecule has 0 spiro atoms. The molecule has 1 heterocycles. The molecular weight excluding hydrogens is 805 g/mol. The van der Waals surface area contributed by atoms with E-state index in [1.165, 1.54) is 0 Å². The van der Waals surface area contributed by atoms with E-state index in [0.29, 0.717) is 24.3 Å². The van der Waals surface area contributed by atoms with Crippen LogP contribution in [0.4, 0.5) is 52.7 Å². The maximum atomic E-state index is 13.8. The number of halogens is 12. The summed E-state index contributed by atoms with van der Waals surface area (Å²) in [7, 11) is -4.01. The molecule has 1 radical (unpaired) electrons. The van der Waals surface area contributed by atoms with Gasteiger partial charge < -0.3 is 5.11 Å². The topological polar surface area (TPSA) is 112 Å². The van der Waals surface area contributed by atoms with E-state index in [-0.39, 0.29) is 26.5 Å². The van der Waals surface area contributed by atoms with E-state index in [4.69, 9.17) is 23.7 Å². The van der Waals surface area contributed by atoms with Gasteiger partial charge in [0.15, 0.2) is 0 Å². The first kappa shape index (κ1) is 44.0. The second-order valence-corrected chi connectivity index (χ2v) is 8.88. The second-order valence-electron chi connectivity index (χ2n) is 6.94. The average molecular weight is 816 g/mol. The summed E-state index contributed by atoms with van der Waals surface area (Å²) in [5.74, 6) is 0. The van der Waals surface area contributed by atoms with Gasteiger partial charge in [-0.05, 0) is 18.2 Å². The molecular formula is C22H11F12O6PRe+2. The van der Waals surface area contributed by atoms with Crippen molar-refractivity contribution in [3.63, 3.8) is 0 Å². The standard InChI is InChI=1S/C18H9F12O2P.4CO.Re/c19-15(20,21)13(31,16(22,23)24)9-5-1-3-7-11(9)33-12-8-4-2-6-10(12)14(32-33,17(25,26)27)18(28,29)30;4*1-2;/h1-8,31H;;;;;/p+2. The van der Waals surface area contributed by atoms with Crippen molar-refractivity contribution in [1.82, 2.24) is 0 Å².